The number of hydrogen-bond donors (Lipinski definition) is 0. The number of aromatic nitrogens is 3. The molecule has 3 heterocycles. The smallest absolute Gasteiger partial charge is 0.138 e. The van der Waals surface area contributed by atoms with E-state index in [1.54, 1.807) is 0 Å². The molecule has 0 bridgehead atoms. The van der Waals surface area contributed by atoms with E-state index in [-0.39, 0.29) is 12.0 Å². The molecular formula is C17H19N3O. The number of fused-ring (bicyclic) bond motifs is 3. The van der Waals surface area contributed by atoms with E-state index in [9.17, 15) is 4.79 Å². The van der Waals surface area contributed by atoms with Gasteiger partial charge in [0.05, 0.1) is 24.3 Å². The van der Waals surface area contributed by atoms with Crippen LogP contribution < -0.4 is 0 Å². The molecule has 21 heavy (non-hydrogen) atoms. The molecule has 4 rings (SSSR count). The second-order valence-corrected chi connectivity index (χ2v) is 6.17. The molecule has 1 aliphatic carbocycles. The monoisotopic (exact) mass is 281 g/mol. The Balaban J connectivity index is 1.62. The van der Waals surface area contributed by atoms with Gasteiger partial charge in [-0.05, 0) is 18.9 Å². The first-order valence-corrected chi connectivity index (χ1v) is 7.83. The van der Waals surface area contributed by atoms with Crippen molar-refractivity contribution in [1.82, 2.24) is 14.5 Å². The molecule has 4 nitrogen and oxygen atoms in total. The van der Waals surface area contributed by atoms with Crippen molar-refractivity contribution >= 4 is 5.78 Å². The molecular weight excluding hydrogens is 262 g/mol. The van der Waals surface area contributed by atoms with Crippen LogP contribution in [0, 0.1) is 5.92 Å². The van der Waals surface area contributed by atoms with Gasteiger partial charge in [0.2, 0.25) is 0 Å². The molecule has 0 N–H and O–H groups in total. The van der Waals surface area contributed by atoms with Crippen molar-refractivity contribution in [1.29, 1.82) is 0 Å². The number of carbonyl (C=O) groups excluding carboxylic acids is 1. The summed E-state index contributed by atoms with van der Waals surface area (Å²) in [6, 6.07) is 2.11. The van der Waals surface area contributed by atoms with Crippen LogP contribution in [0.15, 0.2) is 31.0 Å². The highest BCUT2D eigenvalue weighted by Gasteiger charge is 2.32. The summed E-state index contributed by atoms with van der Waals surface area (Å²) in [6.07, 6.45) is 13.8. The van der Waals surface area contributed by atoms with Crippen LogP contribution in [0.2, 0.25) is 0 Å². The van der Waals surface area contributed by atoms with Crippen molar-refractivity contribution < 1.29 is 4.79 Å². The van der Waals surface area contributed by atoms with Gasteiger partial charge in [-0.3, -0.25) is 9.78 Å². The third kappa shape index (κ3) is 2.09. The van der Waals surface area contributed by atoms with Gasteiger partial charge >= 0.3 is 0 Å². The van der Waals surface area contributed by atoms with Crippen molar-refractivity contribution in [3.63, 3.8) is 0 Å². The van der Waals surface area contributed by atoms with Gasteiger partial charge in [-0.15, -0.1) is 0 Å². The summed E-state index contributed by atoms with van der Waals surface area (Å²) in [5.41, 5.74) is 3.44. The molecule has 1 atom stereocenters. The lowest BCUT2D eigenvalue weighted by Gasteiger charge is -2.22. The highest BCUT2D eigenvalue weighted by molar-refractivity contribution is 5.83. The van der Waals surface area contributed by atoms with Gasteiger partial charge in [0.25, 0.3) is 0 Å². The first kappa shape index (κ1) is 12.7. The maximum absolute atomic E-state index is 12.6. The highest BCUT2D eigenvalue weighted by Crippen LogP contribution is 2.41. The minimum absolute atomic E-state index is 0.0839. The van der Waals surface area contributed by atoms with E-state index in [2.05, 4.69) is 14.5 Å². The fourth-order valence-electron chi connectivity index (χ4n) is 3.81. The minimum atomic E-state index is 0.0839. The first-order valence-electron chi connectivity index (χ1n) is 7.83. The summed E-state index contributed by atoms with van der Waals surface area (Å²) in [4.78, 5) is 21.1. The summed E-state index contributed by atoms with van der Waals surface area (Å²) in [5.74, 6) is 0.683. The van der Waals surface area contributed by atoms with E-state index in [0.29, 0.717) is 12.2 Å². The number of Topliss-reactive ketones (excluding diaryl/α,β-unsaturated/α-hetero) is 1. The predicted molar refractivity (Wildman–Crippen MR) is 79.8 cm³/mol. The zero-order chi connectivity index (χ0) is 14.2. The van der Waals surface area contributed by atoms with Crippen LogP contribution in [0.25, 0.3) is 11.3 Å². The average Bonchev–Trinajstić information content (AvgIpc) is 3.11. The van der Waals surface area contributed by atoms with Crippen LogP contribution in [0.5, 0.6) is 0 Å². The fraction of sp³-hybridized carbons (Fsp3) is 0.471. The number of hydrogen-bond acceptors (Lipinski definition) is 3. The number of imidazole rings is 1. The van der Waals surface area contributed by atoms with Gasteiger partial charge in [-0.25, -0.2) is 4.98 Å². The highest BCUT2D eigenvalue weighted by atomic mass is 16.1. The zero-order valence-corrected chi connectivity index (χ0v) is 12.0. The Bertz CT molecular complexity index is 670. The molecule has 2 aliphatic rings. The molecule has 108 valence electrons. The zero-order valence-electron chi connectivity index (χ0n) is 12.0. The van der Waals surface area contributed by atoms with Crippen molar-refractivity contribution in [3.05, 3.63) is 36.5 Å². The number of carbonyl (C=O) groups is 1. The van der Waals surface area contributed by atoms with Crippen LogP contribution in [-0.2, 0) is 4.79 Å². The lowest BCUT2D eigenvalue weighted by atomic mass is 9.83. The Labute approximate surface area is 124 Å². The number of pyridine rings is 1. The fourth-order valence-corrected chi connectivity index (χ4v) is 3.81. The van der Waals surface area contributed by atoms with Crippen molar-refractivity contribution in [2.24, 2.45) is 5.92 Å². The Hall–Kier alpha value is -1.97. The standard InChI is InChI=1S/C17H19N3O/c21-17(12-4-2-1-3-5-12)8-15-14-9-18-7-6-13(14)16-10-19-11-20(15)16/h6-7,9-12,15H,1-5,8H2/t15-/m0/s1. The van der Waals surface area contributed by atoms with Gasteiger partial charge in [0.15, 0.2) is 0 Å². The summed E-state index contributed by atoms with van der Waals surface area (Å²) in [6.45, 7) is 0. The topological polar surface area (TPSA) is 47.8 Å². The van der Waals surface area contributed by atoms with Gasteiger partial charge < -0.3 is 4.57 Å². The van der Waals surface area contributed by atoms with Crippen LogP contribution in [0.3, 0.4) is 0 Å². The molecule has 0 saturated heterocycles. The van der Waals surface area contributed by atoms with E-state index in [4.69, 9.17) is 0 Å². The maximum Gasteiger partial charge on any atom is 0.138 e. The minimum Gasteiger partial charge on any atom is -0.322 e. The normalized spacial score (nSPS) is 21.0. The molecule has 0 radical (unpaired) electrons. The number of nitrogens with zero attached hydrogens (tertiary/aromatic N) is 3. The Morgan fingerprint density at radius 1 is 1.19 bits per heavy atom. The molecule has 0 unspecified atom stereocenters. The Kier molecular flexibility index (Phi) is 3.09. The SMILES string of the molecule is O=C(C[C@H]1c2cnccc2-c2cncn21)C1CCCCC1. The van der Waals surface area contributed by atoms with Gasteiger partial charge in [0.1, 0.15) is 5.78 Å². The van der Waals surface area contributed by atoms with E-state index in [1.807, 2.05) is 31.0 Å². The van der Waals surface area contributed by atoms with Crippen LogP contribution in [-0.4, -0.2) is 20.3 Å². The molecule has 4 heteroatoms. The summed E-state index contributed by atoms with van der Waals surface area (Å²) >= 11 is 0. The average molecular weight is 281 g/mol. The largest absolute Gasteiger partial charge is 0.322 e. The molecule has 0 spiro atoms. The van der Waals surface area contributed by atoms with Gasteiger partial charge in [0, 0.05) is 35.9 Å². The Morgan fingerprint density at radius 2 is 2.05 bits per heavy atom. The van der Waals surface area contributed by atoms with Gasteiger partial charge in [-0.1, -0.05) is 19.3 Å². The second-order valence-electron chi connectivity index (χ2n) is 6.17. The number of ketones is 1. The van der Waals surface area contributed by atoms with E-state index < -0.39 is 0 Å². The molecule has 1 saturated carbocycles. The van der Waals surface area contributed by atoms with E-state index >= 15 is 0 Å². The van der Waals surface area contributed by atoms with E-state index in [0.717, 1.165) is 18.5 Å². The summed E-state index contributed by atoms with van der Waals surface area (Å²) in [5, 5.41) is 0. The quantitative estimate of drug-likeness (QED) is 0.866. The molecule has 0 amide bonds. The lowest BCUT2D eigenvalue weighted by molar-refractivity contribution is -0.124. The molecule has 2 aromatic rings. The summed E-state index contributed by atoms with van der Waals surface area (Å²) in [7, 11) is 0. The molecule has 2 aromatic heterocycles. The molecule has 0 aromatic carbocycles. The first-order chi connectivity index (χ1) is 10.3. The third-order valence-electron chi connectivity index (χ3n) is 4.94. The number of rotatable bonds is 3. The summed E-state index contributed by atoms with van der Waals surface area (Å²) < 4.78 is 2.13. The van der Waals surface area contributed by atoms with Crippen molar-refractivity contribution in [2.45, 2.75) is 44.6 Å². The van der Waals surface area contributed by atoms with Crippen molar-refractivity contribution in [3.8, 4) is 11.3 Å². The second kappa shape index (κ2) is 5.10. The van der Waals surface area contributed by atoms with Crippen LogP contribution >= 0.6 is 0 Å². The van der Waals surface area contributed by atoms with Crippen molar-refractivity contribution in [2.75, 3.05) is 0 Å². The lowest BCUT2D eigenvalue weighted by Crippen LogP contribution is -2.21. The predicted octanol–water partition coefficient (Wildman–Crippen LogP) is 3.39. The third-order valence-corrected chi connectivity index (χ3v) is 4.94. The van der Waals surface area contributed by atoms with Crippen LogP contribution in [0.1, 0.15) is 50.1 Å². The molecule has 1 aliphatic heterocycles. The van der Waals surface area contributed by atoms with Gasteiger partial charge in [-0.2, -0.15) is 0 Å². The maximum atomic E-state index is 12.6. The molecule has 1 fully saturated rings. The van der Waals surface area contributed by atoms with Crippen LogP contribution in [0.4, 0.5) is 0 Å². The Morgan fingerprint density at radius 3 is 2.90 bits per heavy atom. The van der Waals surface area contributed by atoms with E-state index in [1.165, 1.54) is 30.4 Å².